The maximum Gasteiger partial charge on any atom is 0.268 e. The summed E-state index contributed by atoms with van der Waals surface area (Å²) >= 11 is 0. The Balaban J connectivity index is 1.82. The second-order valence-corrected chi connectivity index (χ2v) is 9.16. The number of nitrogens with zero attached hydrogens (tertiary/aromatic N) is 2. The van der Waals surface area contributed by atoms with Gasteiger partial charge >= 0.3 is 0 Å². The van der Waals surface area contributed by atoms with Crippen molar-refractivity contribution in [3.05, 3.63) is 47.3 Å². The van der Waals surface area contributed by atoms with Crippen LogP contribution in [0.25, 0.3) is 0 Å². The van der Waals surface area contributed by atoms with Crippen LogP contribution in [0.15, 0.2) is 35.4 Å². The molecule has 1 amide bonds. The van der Waals surface area contributed by atoms with Crippen molar-refractivity contribution in [3.8, 4) is 5.75 Å². The van der Waals surface area contributed by atoms with E-state index in [4.69, 9.17) is 4.74 Å². The summed E-state index contributed by atoms with van der Waals surface area (Å²) in [7, 11) is -0.289. The zero-order valence-corrected chi connectivity index (χ0v) is 17.5. The van der Waals surface area contributed by atoms with Crippen LogP contribution < -0.4 is 10.1 Å². The molecule has 7 nitrogen and oxygen atoms in total. The molecule has 1 unspecified atom stereocenters. The van der Waals surface area contributed by atoms with Crippen LogP contribution in [0.4, 0.5) is 0 Å². The molecule has 2 heterocycles. The number of carbonyl (C=O) groups excluding carboxylic acids is 1. The second-order valence-electron chi connectivity index (χ2n) is 7.22. The summed E-state index contributed by atoms with van der Waals surface area (Å²) in [5.74, 6) is 0.365. The number of hydrogen-bond donors (Lipinski definition) is 1. The number of carbonyl (C=O) groups is 1. The summed E-state index contributed by atoms with van der Waals surface area (Å²) in [6.45, 7) is 4.91. The molecule has 28 heavy (non-hydrogen) atoms. The minimum Gasteiger partial charge on any atom is -0.496 e. The van der Waals surface area contributed by atoms with Crippen molar-refractivity contribution in [2.45, 2.75) is 37.6 Å². The number of sulfonamides is 1. The van der Waals surface area contributed by atoms with E-state index >= 15 is 0 Å². The highest BCUT2D eigenvalue weighted by Gasteiger charge is 2.29. The van der Waals surface area contributed by atoms with Crippen molar-refractivity contribution in [1.29, 1.82) is 0 Å². The summed E-state index contributed by atoms with van der Waals surface area (Å²) in [6, 6.07) is 6.94. The maximum absolute atomic E-state index is 12.8. The Labute approximate surface area is 166 Å². The van der Waals surface area contributed by atoms with Gasteiger partial charge in [0.05, 0.1) is 13.2 Å². The molecule has 152 valence electrons. The van der Waals surface area contributed by atoms with E-state index in [1.165, 1.54) is 16.6 Å². The molecule has 0 saturated carbocycles. The average Bonchev–Trinajstić information content (AvgIpc) is 3.32. The molecular formula is C20H27N3O4S. The van der Waals surface area contributed by atoms with Gasteiger partial charge in [-0.05, 0) is 38.8 Å². The fraction of sp³-hybridized carbons (Fsp3) is 0.450. The molecule has 2 aromatic rings. The van der Waals surface area contributed by atoms with Crippen LogP contribution in [0.3, 0.4) is 0 Å². The zero-order chi connectivity index (χ0) is 20.5. The molecule has 1 N–H and O–H groups in total. The summed E-state index contributed by atoms with van der Waals surface area (Å²) in [5, 5.41) is 2.94. The first-order valence-corrected chi connectivity index (χ1v) is 10.8. The highest BCUT2D eigenvalue weighted by Crippen LogP contribution is 2.27. The topological polar surface area (TPSA) is 80.6 Å². The molecule has 1 aromatic carbocycles. The average molecular weight is 406 g/mol. The van der Waals surface area contributed by atoms with Crippen molar-refractivity contribution in [2.24, 2.45) is 7.05 Å². The van der Waals surface area contributed by atoms with Crippen LogP contribution in [0.1, 0.15) is 47.4 Å². The number of amides is 1. The second kappa shape index (κ2) is 7.97. The van der Waals surface area contributed by atoms with Crippen molar-refractivity contribution in [3.63, 3.8) is 0 Å². The fourth-order valence-electron chi connectivity index (χ4n) is 3.52. The lowest BCUT2D eigenvalue weighted by atomic mass is 10.0. The molecule has 0 radical (unpaired) electrons. The predicted octanol–water partition coefficient (Wildman–Crippen LogP) is 2.62. The highest BCUT2D eigenvalue weighted by atomic mass is 32.2. The van der Waals surface area contributed by atoms with Gasteiger partial charge in [-0.25, -0.2) is 8.42 Å². The van der Waals surface area contributed by atoms with Crippen molar-refractivity contribution >= 4 is 15.9 Å². The molecule has 1 aromatic heterocycles. The van der Waals surface area contributed by atoms with Crippen LogP contribution in [-0.4, -0.2) is 43.4 Å². The van der Waals surface area contributed by atoms with Crippen molar-refractivity contribution in [2.75, 3.05) is 20.2 Å². The maximum atomic E-state index is 12.8. The molecule has 0 aliphatic carbocycles. The Morgan fingerprint density at radius 2 is 1.89 bits per heavy atom. The summed E-state index contributed by atoms with van der Waals surface area (Å²) in [6.07, 6.45) is 3.24. The summed E-state index contributed by atoms with van der Waals surface area (Å²) in [4.78, 5) is 13.0. The molecule has 0 spiro atoms. The first-order valence-electron chi connectivity index (χ1n) is 9.36. The Bertz CT molecular complexity index is 975. The van der Waals surface area contributed by atoms with Gasteiger partial charge in [0.15, 0.2) is 0 Å². The van der Waals surface area contributed by atoms with Gasteiger partial charge in [0.1, 0.15) is 16.3 Å². The predicted molar refractivity (Wildman–Crippen MR) is 107 cm³/mol. The molecule has 8 heteroatoms. The van der Waals surface area contributed by atoms with E-state index in [2.05, 4.69) is 5.32 Å². The van der Waals surface area contributed by atoms with Gasteiger partial charge in [-0.2, -0.15) is 4.31 Å². The van der Waals surface area contributed by atoms with E-state index in [-0.39, 0.29) is 16.8 Å². The molecule has 1 fully saturated rings. The largest absolute Gasteiger partial charge is 0.496 e. The molecule has 1 aliphatic rings. The van der Waals surface area contributed by atoms with Gasteiger partial charge < -0.3 is 14.6 Å². The van der Waals surface area contributed by atoms with Gasteiger partial charge in [0, 0.05) is 31.9 Å². The number of aromatic nitrogens is 1. The highest BCUT2D eigenvalue weighted by molar-refractivity contribution is 7.89. The van der Waals surface area contributed by atoms with Crippen LogP contribution in [0.5, 0.6) is 5.75 Å². The molecule has 0 bridgehead atoms. The smallest absolute Gasteiger partial charge is 0.268 e. The number of benzene rings is 1. The Hall–Kier alpha value is -2.32. The number of nitrogens with one attached hydrogen (secondary N) is 1. The third-order valence-electron chi connectivity index (χ3n) is 5.11. The number of ether oxygens (including phenoxy) is 1. The van der Waals surface area contributed by atoms with Gasteiger partial charge in [-0.1, -0.05) is 17.7 Å². The summed E-state index contributed by atoms with van der Waals surface area (Å²) in [5.41, 5.74) is 2.24. The SMILES string of the molecule is COc1ccc(C)cc1C(C)NC(=O)c1cc(S(=O)(=O)N2CCCC2)cn1C. The monoisotopic (exact) mass is 405 g/mol. The van der Waals surface area contributed by atoms with E-state index in [1.54, 1.807) is 18.7 Å². The van der Waals surface area contributed by atoms with Gasteiger partial charge in [0.2, 0.25) is 10.0 Å². The lowest BCUT2D eigenvalue weighted by Gasteiger charge is -2.18. The fourth-order valence-corrected chi connectivity index (χ4v) is 5.11. The Morgan fingerprint density at radius 1 is 1.21 bits per heavy atom. The van der Waals surface area contributed by atoms with Crippen LogP contribution >= 0.6 is 0 Å². The lowest BCUT2D eigenvalue weighted by molar-refractivity contribution is 0.0931. The quantitative estimate of drug-likeness (QED) is 0.801. The van der Waals surface area contributed by atoms with E-state index in [1.807, 2.05) is 32.0 Å². The van der Waals surface area contributed by atoms with Crippen LogP contribution in [0.2, 0.25) is 0 Å². The minimum absolute atomic E-state index is 0.155. The first-order chi connectivity index (χ1) is 13.2. The third-order valence-corrected chi connectivity index (χ3v) is 6.98. The van der Waals surface area contributed by atoms with E-state index in [9.17, 15) is 13.2 Å². The number of rotatable bonds is 6. The van der Waals surface area contributed by atoms with Gasteiger partial charge in [-0.15, -0.1) is 0 Å². The number of aryl methyl sites for hydroxylation is 2. The summed E-state index contributed by atoms with van der Waals surface area (Å²) < 4.78 is 33.9. The van der Waals surface area contributed by atoms with Crippen LogP contribution in [-0.2, 0) is 17.1 Å². The molecular weight excluding hydrogens is 378 g/mol. The third kappa shape index (κ3) is 3.93. The minimum atomic E-state index is -3.56. The van der Waals surface area contributed by atoms with E-state index in [0.717, 1.165) is 24.0 Å². The molecule has 1 atom stereocenters. The Kier molecular flexibility index (Phi) is 5.81. The lowest BCUT2D eigenvalue weighted by Crippen LogP contribution is -2.28. The van der Waals surface area contributed by atoms with E-state index < -0.39 is 10.0 Å². The molecule has 1 aliphatic heterocycles. The van der Waals surface area contributed by atoms with Gasteiger partial charge in [0.25, 0.3) is 5.91 Å². The van der Waals surface area contributed by atoms with Crippen LogP contribution in [0, 0.1) is 6.92 Å². The van der Waals surface area contributed by atoms with Crippen molar-refractivity contribution in [1.82, 2.24) is 14.2 Å². The Morgan fingerprint density at radius 3 is 2.54 bits per heavy atom. The molecule has 3 rings (SSSR count). The number of hydrogen-bond acceptors (Lipinski definition) is 4. The van der Waals surface area contributed by atoms with E-state index in [0.29, 0.717) is 24.5 Å². The molecule has 1 saturated heterocycles. The van der Waals surface area contributed by atoms with Crippen molar-refractivity contribution < 1.29 is 17.9 Å². The number of methoxy groups -OCH3 is 1. The normalized spacial score (nSPS) is 16.1. The first kappa shape index (κ1) is 20.4. The van der Waals surface area contributed by atoms with Gasteiger partial charge in [-0.3, -0.25) is 4.79 Å². The standard InChI is InChI=1S/C20H27N3O4S/c1-14-7-8-19(27-4)17(11-14)15(2)21-20(24)18-12-16(13-22(18)3)28(25,26)23-9-5-6-10-23/h7-8,11-13,15H,5-6,9-10H2,1-4H3,(H,21,24). The zero-order valence-electron chi connectivity index (χ0n) is 16.7.